The molecule has 0 atom stereocenters. The Kier molecular flexibility index (Phi) is 6.91. The lowest BCUT2D eigenvalue weighted by molar-refractivity contribution is 0.0938. The third kappa shape index (κ3) is 5.39. The lowest BCUT2D eigenvalue weighted by atomic mass is 10.1. The first-order valence-electron chi connectivity index (χ1n) is 10.9. The molecule has 8 heteroatoms. The van der Waals surface area contributed by atoms with Gasteiger partial charge in [0, 0.05) is 24.6 Å². The van der Waals surface area contributed by atoms with E-state index in [1.807, 2.05) is 37.3 Å². The Morgan fingerprint density at radius 3 is 2.50 bits per heavy atom. The van der Waals surface area contributed by atoms with Crippen molar-refractivity contribution in [3.63, 3.8) is 0 Å². The lowest BCUT2D eigenvalue weighted by Crippen LogP contribution is -2.27. The van der Waals surface area contributed by atoms with Gasteiger partial charge in [-0.05, 0) is 49.6 Å². The second-order valence-corrected chi connectivity index (χ2v) is 7.74. The number of nitrogens with zero attached hydrogens (tertiary/aromatic N) is 3. The summed E-state index contributed by atoms with van der Waals surface area (Å²) in [6, 6.07) is 17.2. The van der Waals surface area contributed by atoms with Crippen molar-refractivity contribution in [1.29, 1.82) is 0 Å². The Balaban J connectivity index is 1.51. The van der Waals surface area contributed by atoms with Crippen LogP contribution in [0.25, 0.3) is 5.69 Å². The van der Waals surface area contributed by atoms with Crippen LogP contribution >= 0.6 is 0 Å². The molecule has 0 unspecified atom stereocenters. The molecule has 1 aliphatic rings. The zero-order chi connectivity index (χ0) is 22.3. The molecule has 1 saturated carbocycles. The maximum atomic E-state index is 12.7. The molecule has 166 valence electrons. The number of carbonyl (C=O) groups is 2. The largest absolute Gasteiger partial charge is 0.376 e. The first-order chi connectivity index (χ1) is 15.7. The number of ether oxygens (including phenoxy) is 1. The highest BCUT2D eigenvalue weighted by Gasteiger charge is 2.27. The third-order valence-electron chi connectivity index (χ3n) is 5.20. The Morgan fingerprint density at radius 1 is 1.06 bits per heavy atom. The molecule has 4 rings (SSSR count). The van der Waals surface area contributed by atoms with Gasteiger partial charge in [-0.15, -0.1) is 5.10 Å². The first kappa shape index (κ1) is 21.7. The fourth-order valence-corrected chi connectivity index (χ4v) is 3.34. The second kappa shape index (κ2) is 10.2. The van der Waals surface area contributed by atoms with Crippen LogP contribution in [-0.2, 0) is 17.8 Å². The van der Waals surface area contributed by atoms with E-state index in [4.69, 9.17) is 4.74 Å². The third-order valence-corrected chi connectivity index (χ3v) is 5.20. The van der Waals surface area contributed by atoms with Gasteiger partial charge >= 0.3 is 0 Å². The maximum absolute atomic E-state index is 12.7. The molecule has 2 amide bonds. The SMILES string of the molecule is CCNC(=O)c1ccc(-n2nnc(C(=O)NC3CC3)c2CCOCc2ccccc2)cc1. The average molecular weight is 434 g/mol. The van der Waals surface area contributed by atoms with Gasteiger partial charge in [-0.3, -0.25) is 9.59 Å². The van der Waals surface area contributed by atoms with Gasteiger partial charge < -0.3 is 15.4 Å². The molecular weight excluding hydrogens is 406 g/mol. The summed E-state index contributed by atoms with van der Waals surface area (Å²) in [7, 11) is 0. The Hall–Kier alpha value is -3.52. The zero-order valence-electron chi connectivity index (χ0n) is 18.1. The van der Waals surface area contributed by atoms with Crippen LogP contribution < -0.4 is 10.6 Å². The summed E-state index contributed by atoms with van der Waals surface area (Å²) in [6.07, 6.45) is 2.47. The first-order valence-corrected chi connectivity index (χ1v) is 10.9. The highest BCUT2D eigenvalue weighted by molar-refractivity contribution is 5.94. The topological polar surface area (TPSA) is 98.1 Å². The van der Waals surface area contributed by atoms with Crippen molar-refractivity contribution < 1.29 is 14.3 Å². The summed E-state index contributed by atoms with van der Waals surface area (Å²) >= 11 is 0. The summed E-state index contributed by atoms with van der Waals surface area (Å²) in [6.45, 7) is 3.36. The van der Waals surface area contributed by atoms with Crippen molar-refractivity contribution in [2.24, 2.45) is 0 Å². The van der Waals surface area contributed by atoms with E-state index in [0.717, 1.165) is 24.1 Å². The van der Waals surface area contributed by atoms with Crippen LogP contribution in [0.15, 0.2) is 54.6 Å². The van der Waals surface area contributed by atoms with Gasteiger partial charge in [-0.2, -0.15) is 0 Å². The maximum Gasteiger partial charge on any atom is 0.273 e. The van der Waals surface area contributed by atoms with Crippen LogP contribution in [0.2, 0.25) is 0 Å². The summed E-state index contributed by atoms with van der Waals surface area (Å²) in [5.41, 5.74) is 3.38. The molecule has 1 aromatic heterocycles. The van der Waals surface area contributed by atoms with Gasteiger partial charge in [0.25, 0.3) is 11.8 Å². The Labute approximate surface area is 187 Å². The number of aromatic nitrogens is 3. The molecule has 1 aliphatic carbocycles. The van der Waals surface area contributed by atoms with Gasteiger partial charge in [-0.25, -0.2) is 4.68 Å². The minimum Gasteiger partial charge on any atom is -0.376 e. The van der Waals surface area contributed by atoms with Crippen molar-refractivity contribution in [1.82, 2.24) is 25.6 Å². The van der Waals surface area contributed by atoms with Gasteiger partial charge in [0.15, 0.2) is 5.69 Å². The van der Waals surface area contributed by atoms with Crippen molar-refractivity contribution in [3.8, 4) is 5.69 Å². The number of rotatable bonds is 10. The van der Waals surface area contributed by atoms with E-state index in [9.17, 15) is 9.59 Å². The second-order valence-electron chi connectivity index (χ2n) is 7.74. The molecule has 0 aliphatic heterocycles. The monoisotopic (exact) mass is 433 g/mol. The molecule has 0 bridgehead atoms. The summed E-state index contributed by atoms with van der Waals surface area (Å²) in [5, 5.41) is 14.2. The van der Waals surface area contributed by atoms with Crippen molar-refractivity contribution >= 4 is 11.8 Å². The van der Waals surface area contributed by atoms with E-state index in [1.165, 1.54) is 0 Å². The minimum absolute atomic E-state index is 0.128. The normalized spacial score (nSPS) is 13.0. The number of nitrogens with one attached hydrogen (secondary N) is 2. The molecule has 8 nitrogen and oxygen atoms in total. The highest BCUT2D eigenvalue weighted by Crippen LogP contribution is 2.21. The molecule has 32 heavy (non-hydrogen) atoms. The number of benzene rings is 2. The molecule has 0 spiro atoms. The zero-order valence-corrected chi connectivity index (χ0v) is 18.1. The van der Waals surface area contributed by atoms with Gasteiger partial charge in [0.05, 0.1) is 24.6 Å². The molecule has 0 radical (unpaired) electrons. The van der Waals surface area contributed by atoms with E-state index in [-0.39, 0.29) is 17.9 Å². The number of carbonyl (C=O) groups excluding carboxylic acids is 2. The average Bonchev–Trinajstić information content (AvgIpc) is 3.53. The van der Waals surface area contributed by atoms with Crippen LogP contribution in [-0.4, -0.2) is 46.0 Å². The van der Waals surface area contributed by atoms with Crippen LogP contribution in [0.1, 0.15) is 51.9 Å². The van der Waals surface area contributed by atoms with Crippen LogP contribution in [0, 0.1) is 0 Å². The van der Waals surface area contributed by atoms with E-state index >= 15 is 0 Å². The van der Waals surface area contributed by atoms with Gasteiger partial charge in [-0.1, -0.05) is 35.5 Å². The van der Waals surface area contributed by atoms with Crippen LogP contribution in [0.5, 0.6) is 0 Å². The molecule has 1 heterocycles. The highest BCUT2D eigenvalue weighted by atomic mass is 16.5. The number of hydrogen-bond donors (Lipinski definition) is 2. The summed E-state index contributed by atoms with van der Waals surface area (Å²) in [4.78, 5) is 24.7. The van der Waals surface area contributed by atoms with Crippen LogP contribution in [0.4, 0.5) is 0 Å². The van der Waals surface area contributed by atoms with Crippen molar-refractivity contribution in [3.05, 3.63) is 77.1 Å². The minimum atomic E-state index is -0.212. The predicted molar refractivity (Wildman–Crippen MR) is 120 cm³/mol. The standard InChI is InChI=1S/C24H27N5O3/c1-2-25-23(30)18-8-12-20(13-9-18)29-21(14-15-32-16-17-6-4-3-5-7-17)22(27-28-29)24(31)26-19-10-11-19/h3-9,12-13,19H,2,10-11,14-16H2,1H3,(H,25,30)(H,26,31). The van der Waals surface area contributed by atoms with Gasteiger partial charge in [0.2, 0.25) is 0 Å². The predicted octanol–water partition coefficient (Wildman–Crippen LogP) is 2.67. The Morgan fingerprint density at radius 2 is 1.81 bits per heavy atom. The van der Waals surface area contributed by atoms with Crippen molar-refractivity contribution in [2.45, 2.75) is 38.8 Å². The van der Waals surface area contributed by atoms with E-state index in [0.29, 0.717) is 43.1 Å². The van der Waals surface area contributed by atoms with Gasteiger partial charge in [0.1, 0.15) is 0 Å². The Bertz CT molecular complexity index is 1060. The molecule has 2 N–H and O–H groups in total. The van der Waals surface area contributed by atoms with Crippen LogP contribution in [0.3, 0.4) is 0 Å². The molecule has 3 aromatic rings. The number of amides is 2. The smallest absolute Gasteiger partial charge is 0.273 e. The summed E-state index contributed by atoms with van der Waals surface area (Å²) < 4.78 is 7.48. The molecule has 0 saturated heterocycles. The lowest BCUT2D eigenvalue weighted by Gasteiger charge is -2.10. The molecular formula is C24H27N5O3. The fourth-order valence-electron chi connectivity index (χ4n) is 3.34. The molecule has 2 aromatic carbocycles. The quantitative estimate of drug-likeness (QED) is 0.479. The van der Waals surface area contributed by atoms with Crippen molar-refractivity contribution in [2.75, 3.05) is 13.2 Å². The number of hydrogen-bond acceptors (Lipinski definition) is 5. The summed E-state index contributed by atoms with van der Waals surface area (Å²) in [5.74, 6) is -0.340. The van der Waals surface area contributed by atoms with E-state index in [1.54, 1.807) is 28.9 Å². The molecule has 1 fully saturated rings. The fraction of sp³-hybridized carbons (Fsp3) is 0.333. The van der Waals surface area contributed by atoms with E-state index < -0.39 is 0 Å². The van der Waals surface area contributed by atoms with E-state index in [2.05, 4.69) is 20.9 Å².